The first-order chi connectivity index (χ1) is 11.4. The van der Waals surface area contributed by atoms with Crippen LogP contribution in [0.4, 0.5) is 9.52 Å². The van der Waals surface area contributed by atoms with Gasteiger partial charge in [-0.05, 0) is 50.3 Å². The van der Waals surface area contributed by atoms with Gasteiger partial charge in [-0.2, -0.15) is 4.98 Å². The van der Waals surface area contributed by atoms with Crippen LogP contribution in [-0.4, -0.2) is 32.1 Å². The standard InChI is InChI=1S/C17H19FN4OS/c1-10-6-11(2)14(12(23)7-10)22-8-13-15(21-22)20-16(24-13)19-9-17(18)4-3-5-17/h6-8,23H,3-5,9H2,1-2H3,(H,19,20,21). The van der Waals surface area contributed by atoms with Gasteiger partial charge >= 0.3 is 0 Å². The molecule has 0 saturated heterocycles. The van der Waals surface area contributed by atoms with Gasteiger partial charge in [-0.1, -0.05) is 17.4 Å². The van der Waals surface area contributed by atoms with Gasteiger partial charge < -0.3 is 10.4 Å². The Morgan fingerprint density at radius 1 is 1.38 bits per heavy atom. The normalized spacial score (nSPS) is 16.3. The Bertz CT molecular complexity index is 858. The predicted octanol–water partition coefficient (Wildman–Crippen LogP) is 4.11. The first kappa shape index (κ1) is 15.4. The Balaban J connectivity index is 1.60. The molecule has 7 heteroatoms. The molecule has 5 nitrogen and oxygen atoms in total. The van der Waals surface area contributed by atoms with Crippen LogP contribution in [0.2, 0.25) is 0 Å². The van der Waals surface area contributed by atoms with Crippen molar-refractivity contribution in [2.24, 2.45) is 0 Å². The third-order valence-electron chi connectivity index (χ3n) is 4.54. The number of nitrogens with zero attached hydrogens (tertiary/aromatic N) is 3. The molecule has 1 aliphatic rings. The number of anilines is 1. The quantitative estimate of drug-likeness (QED) is 0.746. The highest BCUT2D eigenvalue weighted by Crippen LogP contribution is 2.36. The van der Waals surface area contributed by atoms with Crippen molar-refractivity contribution in [1.82, 2.24) is 14.8 Å². The van der Waals surface area contributed by atoms with E-state index in [1.807, 2.05) is 26.1 Å². The molecule has 0 radical (unpaired) electrons. The van der Waals surface area contributed by atoms with Crippen molar-refractivity contribution in [2.75, 3.05) is 11.9 Å². The Morgan fingerprint density at radius 3 is 2.79 bits per heavy atom. The van der Waals surface area contributed by atoms with Crippen LogP contribution in [0, 0.1) is 13.8 Å². The second kappa shape index (κ2) is 5.44. The van der Waals surface area contributed by atoms with Gasteiger partial charge in [0.2, 0.25) is 0 Å². The van der Waals surface area contributed by atoms with Crippen LogP contribution in [0.5, 0.6) is 5.75 Å². The molecular formula is C17H19FN4OS. The predicted molar refractivity (Wildman–Crippen MR) is 94.1 cm³/mol. The summed E-state index contributed by atoms with van der Waals surface area (Å²) in [7, 11) is 0. The molecule has 0 amide bonds. The molecule has 1 fully saturated rings. The van der Waals surface area contributed by atoms with Crippen molar-refractivity contribution in [3.05, 3.63) is 29.5 Å². The lowest BCUT2D eigenvalue weighted by Crippen LogP contribution is -2.39. The van der Waals surface area contributed by atoms with Crippen LogP contribution in [0.3, 0.4) is 0 Å². The fourth-order valence-corrected chi connectivity index (χ4v) is 3.93. The number of phenolic OH excluding ortho intramolecular Hbond substituents is 1. The van der Waals surface area contributed by atoms with Crippen LogP contribution in [0.15, 0.2) is 18.3 Å². The number of nitrogens with one attached hydrogen (secondary N) is 1. The first-order valence-electron chi connectivity index (χ1n) is 8.03. The highest BCUT2D eigenvalue weighted by molar-refractivity contribution is 7.22. The van der Waals surface area contributed by atoms with Crippen LogP contribution >= 0.6 is 11.3 Å². The van der Waals surface area contributed by atoms with Crippen LogP contribution < -0.4 is 5.32 Å². The van der Waals surface area contributed by atoms with Gasteiger partial charge in [0.25, 0.3) is 0 Å². The third-order valence-corrected chi connectivity index (χ3v) is 5.47. The van der Waals surface area contributed by atoms with E-state index in [9.17, 15) is 9.50 Å². The molecule has 0 aliphatic heterocycles. The number of aromatic hydroxyl groups is 1. The van der Waals surface area contributed by atoms with E-state index in [1.54, 1.807) is 10.7 Å². The van der Waals surface area contributed by atoms with E-state index < -0.39 is 5.67 Å². The summed E-state index contributed by atoms with van der Waals surface area (Å²) in [6, 6.07) is 3.72. The molecule has 126 valence electrons. The van der Waals surface area contributed by atoms with Gasteiger partial charge in [-0.25, -0.2) is 9.07 Å². The number of hydrogen-bond acceptors (Lipinski definition) is 5. The minimum Gasteiger partial charge on any atom is -0.506 e. The first-order valence-corrected chi connectivity index (χ1v) is 8.85. The number of fused-ring (bicyclic) bond motifs is 1. The van der Waals surface area contributed by atoms with Crippen LogP contribution in [0.1, 0.15) is 30.4 Å². The summed E-state index contributed by atoms with van der Waals surface area (Å²) in [4.78, 5) is 4.42. The Kier molecular flexibility index (Phi) is 3.49. The number of aryl methyl sites for hydroxylation is 2. The fraction of sp³-hybridized carbons (Fsp3) is 0.412. The van der Waals surface area contributed by atoms with Gasteiger partial charge in [0.05, 0.1) is 17.4 Å². The van der Waals surface area contributed by atoms with Gasteiger partial charge in [0.15, 0.2) is 10.8 Å². The average molecular weight is 346 g/mol. The number of hydrogen-bond donors (Lipinski definition) is 2. The smallest absolute Gasteiger partial charge is 0.194 e. The van der Waals surface area contributed by atoms with Crippen molar-refractivity contribution in [2.45, 2.75) is 38.8 Å². The lowest BCUT2D eigenvalue weighted by atomic mass is 9.82. The zero-order valence-corrected chi connectivity index (χ0v) is 14.5. The second-order valence-corrected chi connectivity index (χ2v) is 7.62. The number of benzene rings is 1. The summed E-state index contributed by atoms with van der Waals surface area (Å²) < 4.78 is 16.6. The fourth-order valence-electron chi connectivity index (χ4n) is 3.12. The molecule has 2 heterocycles. The third kappa shape index (κ3) is 2.62. The van der Waals surface area contributed by atoms with Gasteiger partial charge in [-0.15, -0.1) is 5.10 Å². The van der Waals surface area contributed by atoms with E-state index in [0.29, 0.717) is 35.9 Å². The minimum absolute atomic E-state index is 0.199. The van der Waals surface area contributed by atoms with E-state index in [4.69, 9.17) is 0 Å². The second-order valence-electron chi connectivity index (χ2n) is 6.59. The molecule has 0 atom stereocenters. The maximum absolute atomic E-state index is 14.0. The molecule has 2 N–H and O–H groups in total. The molecule has 24 heavy (non-hydrogen) atoms. The molecule has 0 spiro atoms. The molecule has 0 unspecified atom stereocenters. The maximum Gasteiger partial charge on any atom is 0.194 e. The lowest BCUT2D eigenvalue weighted by molar-refractivity contribution is 0.0784. The van der Waals surface area contributed by atoms with E-state index in [0.717, 1.165) is 22.2 Å². The topological polar surface area (TPSA) is 63.0 Å². The van der Waals surface area contributed by atoms with Crippen LogP contribution in [0.25, 0.3) is 16.0 Å². The monoisotopic (exact) mass is 346 g/mol. The lowest BCUT2D eigenvalue weighted by Gasteiger charge is -2.33. The number of halogens is 1. The summed E-state index contributed by atoms with van der Waals surface area (Å²) in [5.41, 5.74) is 2.14. The maximum atomic E-state index is 14.0. The SMILES string of the molecule is Cc1cc(C)c(-n2cc3sc(NCC4(F)CCC4)nc3n2)c(O)c1. The van der Waals surface area contributed by atoms with Crippen molar-refractivity contribution in [1.29, 1.82) is 0 Å². The highest BCUT2D eigenvalue weighted by atomic mass is 32.1. The van der Waals surface area contributed by atoms with E-state index in [1.165, 1.54) is 11.3 Å². The molecule has 1 aromatic carbocycles. The number of phenols is 1. The zero-order valence-electron chi connectivity index (χ0n) is 13.6. The summed E-state index contributed by atoms with van der Waals surface area (Å²) in [5, 5.41) is 18.4. The van der Waals surface area contributed by atoms with Gasteiger partial charge in [0, 0.05) is 0 Å². The molecule has 1 saturated carbocycles. The zero-order chi connectivity index (χ0) is 16.9. The Morgan fingerprint density at radius 2 is 2.17 bits per heavy atom. The number of alkyl halides is 1. The summed E-state index contributed by atoms with van der Waals surface area (Å²) in [5.74, 6) is 0.199. The molecule has 2 aromatic heterocycles. The molecule has 3 aromatic rings. The summed E-state index contributed by atoms with van der Waals surface area (Å²) in [6.07, 6.45) is 4.07. The molecule has 4 rings (SSSR count). The van der Waals surface area contributed by atoms with Gasteiger partial charge in [0.1, 0.15) is 17.1 Å². The Hall–Kier alpha value is -2.15. The van der Waals surface area contributed by atoms with E-state index in [2.05, 4.69) is 15.4 Å². The number of thiazole rings is 1. The van der Waals surface area contributed by atoms with E-state index in [-0.39, 0.29) is 5.75 Å². The minimum atomic E-state index is -1.08. The van der Waals surface area contributed by atoms with E-state index >= 15 is 0 Å². The van der Waals surface area contributed by atoms with Crippen molar-refractivity contribution >= 4 is 26.8 Å². The Labute approximate surface area is 143 Å². The van der Waals surface area contributed by atoms with Crippen molar-refractivity contribution in [3.8, 4) is 11.4 Å². The largest absolute Gasteiger partial charge is 0.506 e. The average Bonchev–Trinajstić information content (AvgIpc) is 3.00. The summed E-state index contributed by atoms with van der Waals surface area (Å²) in [6.45, 7) is 4.19. The van der Waals surface area contributed by atoms with Crippen molar-refractivity contribution in [3.63, 3.8) is 0 Å². The molecule has 1 aliphatic carbocycles. The highest BCUT2D eigenvalue weighted by Gasteiger charge is 2.36. The number of rotatable bonds is 4. The number of aromatic nitrogens is 3. The molecular weight excluding hydrogens is 327 g/mol. The van der Waals surface area contributed by atoms with Crippen molar-refractivity contribution < 1.29 is 9.50 Å². The summed E-state index contributed by atoms with van der Waals surface area (Å²) >= 11 is 1.45. The van der Waals surface area contributed by atoms with Crippen LogP contribution in [-0.2, 0) is 0 Å². The van der Waals surface area contributed by atoms with Gasteiger partial charge in [-0.3, -0.25) is 0 Å². The molecule has 0 bridgehead atoms.